The molecule has 1 saturated heterocycles. The Labute approximate surface area is 164 Å². The molecule has 9 nitrogen and oxygen atoms in total. The maximum Gasteiger partial charge on any atom is 0.325 e. The molecule has 0 unspecified atom stereocenters. The Bertz CT molecular complexity index is 724. The van der Waals surface area contributed by atoms with Crippen LogP contribution in [0.15, 0.2) is 12.1 Å². The number of hydrogen-bond acceptors (Lipinski definition) is 6. The first kappa shape index (κ1) is 21.3. The zero-order valence-corrected chi connectivity index (χ0v) is 16.8. The molecule has 2 N–H and O–H groups in total. The predicted molar refractivity (Wildman–Crippen MR) is 101 cm³/mol. The zero-order chi connectivity index (χ0) is 20.8. The van der Waals surface area contributed by atoms with Crippen LogP contribution in [-0.4, -0.2) is 56.7 Å². The number of carbonyl (C=O) groups excluding carboxylic acids is 3. The summed E-state index contributed by atoms with van der Waals surface area (Å²) in [6.45, 7) is 3.77. The number of nitrogens with one attached hydrogen (secondary N) is 2. The highest BCUT2D eigenvalue weighted by molar-refractivity contribution is 6.06. The minimum atomic E-state index is -0.574. The lowest BCUT2D eigenvalue weighted by atomic mass is 10.0. The van der Waals surface area contributed by atoms with Gasteiger partial charge in [-0.3, -0.25) is 14.5 Å². The fourth-order valence-corrected chi connectivity index (χ4v) is 3.00. The lowest BCUT2D eigenvalue weighted by Crippen LogP contribution is -2.41. The molecule has 4 amide bonds. The van der Waals surface area contributed by atoms with Gasteiger partial charge in [-0.2, -0.15) is 0 Å². The van der Waals surface area contributed by atoms with Crippen molar-refractivity contribution in [2.24, 2.45) is 5.92 Å². The highest BCUT2D eigenvalue weighted by Crippen LogP contribution is 2.38. The summed E-state index contributed by atoms with van der Waals surface area (Å²) in [7, 11) is 4.52. The topological polar surface area (TPSA) is 106 Å². The Hall–Kier alpha value is -2.97. The second kappa shape index (κ2) is 9.29. The summed E-state index contributed by atoms with van der Waals surface area (Å²) in [5, 5.41) is 5.32. The fourth-order valence-electron chi connectivity index (χ4n) is 3.00. The number of carbonyl (C=O) groups is 3. The van der Waals surface area contributed by atoms with Gasteiger partial charge in [0.25, 0.3) is 5.91 Å². The molecule has 0 bridgehead atoms. The number of benzene rings is 1. The molecule has 1 atom stereocenters. The van der Waals surface area contributed by atoms with Crippen molar-refractivity contribution in [3.05, 3.63) is 17.7 Å². The molecule has 1 aromatic carbocycles. The highest BCUT2D eigenvalue weighted by atomic mass is 16.5. The minimum Gasteiger partial charge on any atom is -0.493 e. The van der Waals surface area contributed by atoms with Crippen LogP contribution in [0.3, 0.4) is 0 Å². The normalized spacial score (nSPS) is 16.2. The van der Waals surface area contributed by atoms with E-state index in [-0.39, 0.29) is 24.9 Å². The number of methoxy groups -OCH3 is 3. The molecule has 28 heavy (non-hydrogen) atoms. The highest BCUT2D eigenvalue weighted by Gasteiger charge is 2.38. The molecule has 2 rings (SSSR count). The third kappa shape index (κ3) is 4.85. The largest absolute Gasteiger partial charge is 0.493 e. The predicted octanol–water partition coefficient (Wildman–Crippen LogP) is 1.30. The molecular weight excluding hydrogens is 366 g/mol. The number of amides is 4. The lowest BCUT2D eigenvalue weighted by molar-refractivity contribution is -0.132. The maximum absolute atomic E-state index is 12.3. The van der Waals surface area contributed by atoms with Crippen molar-refractivity contribution in [2.75, 3.05) is 27.9 Å². The maximum atomic E-state index is 12.3. The van der Waals surface area contributed by atoms with Crippen molar-refractivity contribution in [1.82, 2.24) is 15.5 Å². The van der Waals surface area contributed by atoms with Crippen LogP contribution in [0.5, 0.6) is 17.2 Å². The van der Waals surface area contributed by atoms with Gasteiger partial charge in [-0.25, -0.2) is 4.79 Å². The Balaban J connectivity index is 1.99. The molecule has 1 aliphatic rings. The van der Waals surface area contributed by atoms with Gasteiger partial charge in [0.15, 0.2) is 11.5 Å². The van der Waals surface area contributed by atoms with Gasteiger partial charge >= 0.3 is 6.03 Å². The van der Waals surface area contributed by atoms with Crippen molar-refractivity contribution >= 4 is 17.8 Å². The molecule has 154 valence electrons. The molecule has 0 aromatic heterocycles. The molecular formula is C19H27N3O6. The van der Waals surface area contributed by atoms with Gasteiger partial charge in [0, 0.05) is 6.54 Å². The van der Waals surface area contributed by atoms with E-state index in [9.17, 15) is 14.4 Å². The summed E-state index contributed by atoms with van der Waals surface area (Å²) >= 11 is 0. The summed E-state index contributed by atoms with van der Waals surface area (Å²) in [5.41, 5.74) is 0.720. The number of rotatable bonds is 9. The van der Waals surface area contributed by atoms with Crippen molar-refractivity contribution < 1.29 is 28.6 Å². The van der Waals surface area contributed by atoms with Crippen LogP contribution in [0.2, 0.25) is 0 Å². The van der Waals surface area contributed by atoms with Crippen LogP contribution in [-0.2, 0) is 16.1 Å². The Morgan fingerprint density at radius 1 is 1.14 bits per heavy atom. The number of ether oxygens (including phenoxy) is 3. The molecule has 1 aromatic rings. The smallest absolute Gasteiger partial charge is 0.325 e. The van der Waals surface area contributed by atoms with Crippen molar-refractivity contribution in [2.45, 2.75) is 32.9 Å². The third-order valence-corrected chi connectivity index (χ3v) is 4.33. The van der Waals surface area contributed by atoms with Gasteiger partial charge in [0.1, 0.15) is 12.6 Å². The number of hydrogen-bond donors (Lipinski definition) is 2. The van der Waals surface area contributed by atoms with E-state index in [0.717, 1.165) is 10.5 Å². The number of urea groups is 1. The van der Waals surface area contributed by atoms with E-state index in [4.69, 9.17) is 14.2 Å². The van der Waals surface area contributed by atoms with Crippen LogP contribution in [0, 0.1) is 5.92 Å². The number of imide groups is 1. The Morgan fingerprint density at radius 2 is 1.75 bits per heavy atom. The molecule has 0 aliphatic carbocycles. The average Bonchev–Trinajstić information content (AvgIpc) is 2.92. The Morgan fingerprint density at radius 3 is 2.25 bits per heavy atom. The Kier molecular flexibility index (Phi) is 7.08. The zero-order valence-electron chi connectivity index (χ0n) is 16.8. The summed E-state index contributed by atoms with van der Waals surface area (Å²) < 4.78 is 15.8. The second-order valence-corrected chi connectivity index (χ2v) is 6.87. The first-order valence-electron chi connectivity index (χ1n) is 8.98. The van der Waals surface area contributed by atoms with Crippen LogP contribution in [0.1, 0.15) is 25.8 Å². The minimum absolute atomic E-state index is 0.175. The van der Waals surface area contributed by atoms with Gasteiger partial charge < -0.3 is 24.8 Å². The van der Waals surface area contributed by atoms with E-state index >= 15 is 0 Å². The van der Waals surface area contributed by atoms with E-state index in [1.165, 1.54) is 21.3 Å². The van der Waals surface area contributed by atoms with Gasteiger partial charge in [0.05, 0.1) is 21.3 Å². The first-order valence-corrected chi connectivity index (χ1v) is 8.98. The summed E-state index contributed by atoms with van der Waals surface area (Å²) in [6.07, 6.45) is 0.536. The lowest BCUT2D eigenvalue weighted by Gasteiger charge is -2.16. The van der Waals surface area contributed by atoms with Crippen LogP contribution < -0.4 is 24.8 Å². The average molecular weight is 393 g/mol. The summed E-state index contributed by atoms with van der Waals surface area (Å²) in [6, 6.07) is 2.32. The molecule has 0 spiro atoms. The van der Waals surface area contributed by atoms with E-state index < -0.39 is 18.0 Å². The van der Waals surface area contributed by atoms with Crippen molar-refractivity contribution in [3.8, 4) is 17.2 Å². The van der Waals surface area contributed by atoms with Crippen molar-refractivity contribution in [3.63, 3.8) is 0 Å². The van der Waals surface area contributed by atoms with Gasteiger partial charge in [-0.1, -0.05) is 13.8 Å². The molecule has 9 heteroatoms. The van der Waals surface area contributed by atoms with Gasteiger partial charge in [-0.15, -0.1) is 0 Å². The SMILES string of the molecule is COc1cc(CNC(=O)CN2C(=O)N[C@H](CC(C)C)C2=O)cc(OC)c1OC. The summed E-state index contributed by atoms with van der Waals surface area (Å²) in [4.78, 5) is 37.5. The van der Waals surface area contributed by atoms with Crippen LogP contribution >= 0.6 is 0 Å². The first-order chi connectivity index (χ1) is 13.3. The van der Waals surface area contributed by atoms with Gasteiger partial charge in [0.2, 0.25) is 11.7 Å². The van der Waals surface area contributed by atoms with Crippen LogP contribution in [0.25, 0.3) is 0 Å². The molecule has 0 radical (unpaired) electrons. The van der Waals surface area contributed by atoms with Crippen LogP contribution in [0.4, 0.5) is 4.79 Å². The molecule has 1 fully saturated rings. The quantitative estimate of drug-likeness (QED) is 0.613. The second-order valence-electron chi connectivity index (χ2n) is 6.87. The third-order valence-electron chi connectivity index (χ3n) is 4.33. The van der Waals surface area contributed by atoms with Crippen molar-refractivity contribution in [1.29, 1.82) is 0 Å². The molecule has 1 heterocycles. The monoisotopic (exact) mass is 393 g/mol. The fraction of sp³-hybridized carbons (Fsp3) is 0.526. The number of nitrogens with zero attached hydrogens (tertiary/aromatic N) is 1. The van der Waals surface area contributed by atoms with E-state index in [2.05, 4.69) is 10.6 Å². The van der Waals surface area contributed by atoms with E-state index in [1.807, 2.05) is 13.8 Å². The molecule has 0 saturated carbocycles. The summed E-state index contributed by atoms with van der Waals surface area (Å²) in [5.74, 6) is 0.830. The van der Waals surface area contributed by atoms with Gasteiger partial charge in [-0.05, 0) is 30.0 Å². The molecule has 1 aliphatic heterocycles. The van der Waals surface area contributed by atoms with E-state index in [0.29, 0.717) is 23.7 Å². The standard InChI is InChI=1S/C19H27N3O6/c1-11(2)6-13-18(24)22(19(25)21-13)10-16(23)20-9-12-7-14(26-3)17(28-5)15(8-12)27-4/h7-8,11,13H,6,9-10H2,1-5H3,(H,20,23)(H,21,25)/t13-/m1/s1. The van der Waals surface area contributed by atoms with E-state index in [1.54, 1.807) is 12.1 Å².